The van der Waals surface area contributed by atoms with Crippen LogP contribution < -0.4 is 5.32 Å². The van der Waals surface area contributed by atoms with E-state index in [1.54, 1.807) is 6.08 Å². The second kappa shape index (κ2) is 8.87. The van der Waals surface area contributed by atoms with Gasteiger partial charge in [0.1, 0.15) is 0 Å². The van der Waals surface area contributed by atoms with Gasteiger partial charge in [0.2, 0.25) is 0 Å². The van der Waals surface area contributed by atoms with Gasteiger partial charge < -0.3 is 10.1 Å². The fourth-order valence-corrected chi connectivity index (χ4v) is 2.97. The van der Waals surface area contributed by atoms with Gasteiger partial charge in [0, 0.05) is 16.6 Å². The van der Waals surface area contributed by atoms with Gasteiger partial charge in [-0.15, -0.1) is 0 Å². The van der Waals surface area contributed by atoms with Gasteiger partial charge in [-0.05, 0) is 42.5 Å². The van der Waals surface area contributed by atoms with Crippen molar-refractivity contribution in [2.24, 2.45) is 5.92 Å². The fourth-order valence-electron chi connectivity index (χ4n) is 2.70. The molecule has 1 fully saturated rings. The minimum Gasteiger partial charge on any atom is -0.452 e. The van der Waals surface area contributed by atoms with E-state index in [9.17, 15) is 9.59 Å². The van der Waals surface area contributed by atoms with Crippen LogP contribution in [-0.2, 0) is 14.3 Å². The Hall–Kier alpha value is -1.62. The molecule has 0 aliphatic heterocycles. The minimum atomic E-state index is -0.514. The molecule has 1 amide bonds. The van der Waals surface area contributed by atoms with Crippen molar-refractivity contribution in [1.29, 1.82) is 0 Å². The molecular formula is C18H22BrNO3. The number of amides is 1. The van der Waals surface area contributed by atoms with Crippen molar-refractivity contribution in [3.05, 3.63) is 40.4 Å². The molecule has 4 nitrogen and oxygen atoms in total. The maximum Gasteiger partial charge on any atom is 0.331 e. The molecule has 0 aromatic heterocycles. The van der Waals surface area contributed by atoms with Crippen LogP contribution in [-0.4, -0.2) is 24.5 Å². The van der Waals surface area contributed by atoms with Gasteiger partial charge in [-0.1, -0.05) is 47.8 Å². The molecule has 5 heteroatoms. The predicted octanol–water partition coefficient (Wildman–Crippen LogP) is 3.70. The van der Waals surface area contributed by atoms with E-state index in [1.807, 2.05) is 24.3 Å². The van der Waals surface area contributed by atoms with Crippen LogP contribution in [0.2, 0.25) is 0 Å². The smallest absolute Gasteiger partial charge is 0.331 e. The molecule has 124 valence electrons. The Morgan fingerprint density at radius 1 is 1.26 bits per heavy atom. The van der Waals surface area contributed by atoms with Gasteiger partial charge in [0.15, 0.2) is 6.61 Å². The number of hydrogen-bond donors (Lipinski definition) is 1. The van der Waals surface area contributed by atoms with Gasteiger partial charge >= 0.3 is 5.97 Å². The molecule has 1 aromatic carbocycles. The van der Waals surface area contributed by atoms with Crippen LogP contribution in [0.25, 0.3) is 6.08 Å². The van der Waals surface area contributed by atoms with E-state index >= 15 is 0 Å². The quantitative estimate of drug-likeness (QED) is 0.626. The molecule has 1 aliphatic carbocycles. The number of hydrogen-bond acceptors (Lipinski definition) is 3. The van der Waals surface area contributed by atoms with Crippen LogP contribution in [0.15, 0.2) is 34.8 Å². The molecule has 0 radical (unpaired) electrons. The number of benzene rings is 1. The number of rotatable bonds is 5. The number of carbonyl (C=O) groups excluding carboxylic acids is 2. The van der Waals surface area contributed by atoms with Gasteiger partial charge in [-0.3, -0.25) is 4.79 Å². The number of halogens is 1. The molecular weight excluding hydrogens is 358 g/mol. The number of nitrogens with one attached hydrogen (secondary N) is 1. The first kappa shape index (κ1) is 17.7. The van der Waals surface area contributed by atoms with E-state index in [4.69, 9.17) is 4.74 Å². The lowest BCUT2D eigenvalue weighted by molar-refractivity contribution is -0.144. The summed E-state index contributed by atoms with van der Waals surface area (Å²) in [6.45, 7) is 1.92. The maximum absolute atomic E-state index is 11.9. The summed E-state index contributed by atoms with van der Waals surface area (Å²) < 4.78 is 5.96. The summed E-state index contributed by atoms with van der Waals surface area (Å²) in [4.78, 5) is 23.5. The summed E-state index contributed by atoms with van der Waals surface area (Å²) in [7, 11) is 0. The van der Waals surface area contributed by atoms with Crippen molar-refractivity contribution >= 4 is 33.9 Å². The van der Waals surface area contributed by atoms with Crippen molar-refractivity contribution in [3.8, 4) is 0 Å². The van der Waals surface area contributed by atoms with Gasteiger partial charge in [0.05, 0.1) is 0 Å². The number of esters is 1. The lowest BCUT2D eigenvalue weighted by Gasteiger charge is -2.29. The van der Waals surface area contributed by atoms with Gasteiger partial charge in [0.25, 0.3) is 5.91 Å². The normalized spacial score (nSPS) is 21.1. The Labute approximate surface area is 145 Å². The van der Waals surface area contributed by atoms with Crippen LogP contribution in [0.3, 0.4) is 0 Å². The molecule has 0 unspecified atom stereocenters. The molecule has 23 heavy (non-hydrogen) atoms. The molecule has 2 rings (SSSR count). The highest BCUT2D eigenvalue weighted by molar-refractivity contribution is 9.10. The SMILES string of the molecule is C[C@H]1CCCC[C@@H]1NC(=O)COC(=O)/C=C/c1ccc(Br)cc1. The Bertz CT molecular complexity index is 568. The Morgan fingerprint density at radius 3 is 2.65 bits per heavy atom. The molecule has 1 saturated carbocycles. The van der Waals surface area contributed by atoms with Gasteiger partial charge in [-0.2, -0.15) is 0 Å². The first-order valence-electron chi connectivity index (χ1n) is 7.94. The van der Waals surface area contributed by atoms with Gasteiger partial charge in [-0.25, -0.2) is 4.79 Å². The largest absolute Gasteiger partial charge is 0.452 e. The van der Waals surface area contributed by atoms with E-state index in [-0.39, 0.29) is 18.6 Å². The summed E-state index contributed by atoms with van der Waals surface area (Å²) in [6.07, 6.45) is 7.51. The molecule has 0 bridgehead atoms. The second-order valence-electron chi connectivity index (χ2n) is 5.93. The van der Waals surface area contributed by atoms with Crippen LogP contribution in [0.4, 0.5) is 0 Å². The third-order valence-corrected chi connectivity index (χ3v) is 4.61. The van der Waals surface area contributed by atoms with Crippen molar-refractivity contribution in [3.63, 3.8) is 0 Å². The Balaban J connectivity index is 1.73. The van der Waals surface area contributed by atoms with Crippen molar-refractivity contribution in [2.45, 2.75) is 38.6 Å². The average molecular weight is 380 g/mol. The molecule has 0 heterocycles. The zero-order valence-electron chi connectivity index (χ0n) is 13.3. The summed E-state index contributed by atoms with van der Waals surface area (Å²) in [5.41, 5.74) is 0.894. The topological polar surface area (TPSA) is 55.4 Å². The van der Waals surface area contributed by atoms with Crippen LogP contribution in [0, 0.1) is 5.92 Å². The molecule has 2 atom stereocenters. The lowest BCUT2D eigenvalue weighted by atomic mass is 9.86. The van der Waals surface area contributed by atoms with E-state index < -0.39 is 5.97 Å². The van der Waals surface area contributed by atoms with Crippen molar-refractivity contribution in [2.75, 3.05) is 6.61 Å². The lowest BCUT2D eigenvalue weighted by Crippen LogP contribution is -2.42. The van der Waals surface area contributed by atoms with E-state index in [0.29, 0.717) is 5.92 Å². The van der Waals surface area contributed by atoms with Crippen molar-refractivity contribution in [1.82, 2.24) is 5.32 Å². The first-order valence-corrected chi connectivity index (χ1v) is 8.73. The third-order valence-electron chi connectivity index (χ3n) is 4.09. The zero-order valence-corrected chi connectivity index (χ0v) is 14.8. The molecule has 1 N–H and O–H groups in total. The highest BCUT2D eigenvalue weighted by Gasteiger charge is 2.22. The van der Waals surface area contributed by atoms with Crippen molar-refractivity contribution < 1.29 is 14.3 Å². The summed E-state index contributed by atoms with van der Waals surface area (Å²) in [5, 5.41) is 2.96. The van der Waals surface area contributed by atoms with Crippen LogP contribution >= 0.6 is 15.9 Å². The fraction of sp³-hybridized carbons (Fsp3) is 0.444. The first-order chi connectivity index (χ1) is 11.0. The van der Waals surface area contributed by atoms with Crippen LogP contribution in [0.5, 0.6) is 0 Å². The van der Waals surface area contributed by atoms with E-state index in [1.165, 1.54) is 12.5 Å². The summed E-state index contributed by atoms with van der Waals surface area (Å²) in [5.74, 6) is -0.255. The van der Waals surface area contributed by atoms with E-state index in [0.717, 1.165) is 29.3 Å². The highest BCUT2D eigenvalue weighted by atomic mass is 79.9. The minimum absolute atomic E-state index is 0.202. The van der Waals surface area contributed by atoms with E-state index in [2.05, 4.69) is 28.2 Å². The molecule has 1 aliphatic rings. The third kappa shape index (κ3) is 6.18. The second-order valence-corrected chi connectivity index (χ2v) is 6.84. The Kier molecular flexibility index (Phi) is 6.84. The predicted molar refractivity (Wildman–Crippen MR) is 93.7 cm³/mol. The molecule has 1 aromatic rings. The monoisotopic (exact) mass is 379 g/mol. The standard InChI is InChI=1S/C18H22BrNO3/c1-13-4-2-3-5-16(13)20-17(21)12-23-18(22)11-8-14-6-9-15(19)10-7-14/h6-11,13,16H,2-5,12H2,1H3,(H,20,21)/b11-8+/t13-,16-/m0/s1. The maximum atomic E-state index is 11.9. The zero-order chi connectivity index (χ0) is 16.7. The number of ether oxygens (including phenoxy) is 1. The average Bonchev–Trinajstić information content (AvgIpc) is 2.54. The summed E-state index contributed by atoms with van der Waals surface area (Å²) >= 11 is 3.35. The number of carbonyl (C=O) groups is 2. The molecule has 0 saturated heterocycles. The summed E-state index contributed by atoms with van der Waals surface area (Å²) in [6, 6.07) is 7.75. The van der Waals surface area contributed by atoms with Crippen LogP contribution in [0.1, 0.15) is 38.2 Å². The Morgan fingerprint density at radius 2 is 1.96 bits per heavy atom. The highest BCUT2D eigenvalue weighted by Crippen LogP contribution is 2.23. The molecule has 0 spiro atoms.